The van der Waals surface area contributed by atoms with Crippen molar-refractivity contribution in [2.45, 2.75) is 18.6 Å². The minimum atomic E-state index is -4.51. The molecule has 26 heavy (non-hydrogen) atoms. The molecule has 0 bridgehead atoms. The van der Waals surface area contributed by atoms with Crippen molar-refractivity contribution in [1.29, 1.82) is 5.26 Å². The third kappa shape index (κ3) is 3.65. The lowest BCUT2D eigenvalue weighted by Gasteiger charge is -2.26. The molecule has 2 aromatic rings. The van der Waals surface area contributed by atoms with Crippen molar-refractivity contribution >= 4 is 23.2 Å². The number of hydrogen-bond acceptors (Lipinski definition) is 6. The summed E-state index contributed by atoms with van der Waals surface area (Å²) in [6.45, 7) is 1.17. The largest absolute Gasteiger partial charge is 0.433 e. The summed E-state index contributed by atoms with van der Waals surface area (Å²) in [5.41, 5.74) is -0.603. The van der Waals surface area contributed by atoms with E-state index in [0.29, 0.717) is 35.9 Å². The van der Waals surface area contributed by atoms with Gasteiger partial charge in [-0.2, -0.15) is 18.4 Å². The Labute approximate surface area is 152 Å². The Balaban J connectivity index is 1.76. The first-order chi connectivity index (χ1) is 12.3. The smallest absolute Gasteiger partial charge is 0.355 e. The summed E-state index contributed by atoms with van der Waals surface area (Å²) < 4.78 is 38.5. The molecular formula is C16H14ClF3N6. The number of anilines is 2. The fourth-order valence-corrected chi connectivity index (χ4v) is 3.14. The van der Waals surface area contributed by atoms with E-state index in [0.717, 1.165) is 12.4 Å². The molecule has 1 unspecified atom stereocenters. The summed E-state index contributed by atoms with van der Waals surface area (Å²) in [7, 11) is 1.70. The van der Waals surface area contributed by atoms with E-state index in [2.05, 4.69) is 15.0 Å². The Bertz CT molecular complexity index is 851. The number of rotatable bonds is 3. The summed E-state index contributed by atoms with van der Waals surface area (Å²) in [5.74, 6) is 0.762. The van der Waals surface area contributed by atoms with Crippen molar-refractivity contribution < 1.29 is 13.2 Å². The number of nitriles is 1. The molecular weight excluding hydrogens is 369 g/mol. The summed E-state index contributed by atoms with van der Waals surface area (Å²) in [5, 5.41) is 9.25. The van der Waals surface area contributed by atoms with Gasteiger partial charge in [0.1, 0.15) is 29.7 Å². The number of aromatic nitrogens is 3. The molecule has 0 radical (unpaired) electrons. The molecule has 0 aliphatic carbocycles. The van der Waals surface area contributed by atoms with E-state index in [1.807, 2.05) is 11.0 Å². The van der Waals surface area contributed by atoms with Gasteiger partial charge < -0.3 is 9.80 Å². The molecule has 6 nitrogen and oxygen atoms in total. The van der Waals surface area contributed by atoms with Gasteiger partial charge in [0.05, 0.1) is 10.6 Å². The second kappa shape index (κ2) is 6.96. The molecule has 3 heterocycles. The Morgan fingerprint density at radius 1 is 1.31 bits per heavy atom. The highest BCUT2D eigenvalue weighted by atomic mass is 35.5. The van der Waals surface area contributed by atoms with Crippen LogP contribution < -0.4 is 9.80 Å². The maximum absolute atomic E-state index is 12.8. The van der Waals surface area contributed by atoms with Gasteiger partial charge in [-0.15, -0.1) is 0 Å². The summed E-state index contributed by atoms with van der Waals surface area (Å²) in [4.78, 5) is 15.1. The minimum absolute atomic E-state index is 0.0560. The molecule has 10 heteroatoms. The molecule has 1 saturated heterocycles. The third-order valence-electron chi connectivity index (χ3n) is 4.27. The first-order valence-corrected chi connectivity index (χ1v) is 8.10. The van der Waals surface area contributed by atoms with E-state index in [-0.39, 0.29) is 11.9 Å². The maximum atomic E-state index is 12.8. The number of nitrogens with zero attached hydrogens (tertiary/aromatic N) is 6. The summed E-state index contributed by atoms with van der Waals surface area (Å²) >= 11 is 6.19. The van der Waals surface area contributed by atoms with E-state index in [1.165, 1.54) is 6.20 Å². The van der Waals surface area contributed by atoms with Crippen LogP contribution in [0.15, 0.2) is 24.7 Å². The van der Waals surface area contributed by atoms with E-state index >= 15 is 0 Å². The van der Waals surface area contributed by atoms with Gasteiger partial charge in [-0.05, 0) is 12.5 Å². The fourth-order valence-electron chi connectivity index (χ4n) is 2.86. The molecule has 0 saturated carbocycles. The van der Waals surface area contributed by atoms with Gasteiger partial charge >= 0.3 is 6.18 Å². The zero-order valence-electron chi connectivity index (χ0n) is 13.7. The fraction of sp³-hybridized carbons (Fsp3) is 0.375. The van der Waals surface area contributed by atoms with E-state index < -0.39 is 11.9 Å². The average Bonchev–Trinajstić information content (AvgIpc) is 3.10. The van der Waals surface area contributed by atoms with Gasteiger partial charge in [-0.3, -0.25) is 0 Å². The van der Waals surface area contributed by atoms with Crippen LogP contribution >= 0.6 is 11.6 Å². The van der Waals surface area contributed by atoms with Gasteiger partial charge in [-0.1, -0.05) is 11.6 Å². The molecule has 1 aliphatic rings. The van der Waals surface area contributed by atoms with Crippen LogP contribution in [0.4, 0.5) is 24.8 Å². The lowest BCUT2D eigenvalue weighted by atomic mass is 10.2. The van der Waals surface area contributed by atoms with Crippen molar-refractivity contribution in [2.75, 3.05) is 29.9 Å². The molecule has 1 fully saturated rings. The monoisotopic (exact) mass is 382 g/mol. The molecule has 0 amide bonds. The predicted molar refractivity (Wildman–Crippen MR) is 90.0 cm³/mol. The van der Waals surface area contributed by atoms with Gasteiger partial charge in [0.2, 0.25) is 0 Å². The van der Waals surface area contributed by atoms with Crippen LogP contribution in [0.5, 0.6) is 0 Å². The van der Waals surface area contributed by atoms with Gasteiger partial charge in [0.25, 0.3) is 0 Å². The first-order valence-electron chi connectivity index (χ1n) is 7.72. The molecule has 0 spiro atoms. The number of alkyl halides is 3. The maximum Gasteiger partial charge on any atom is 0.433 e. The van der Waals surface area contributed by atoms with Crippen molar-refractivity contribution in [3.05, 3.63) is 40.9 Å². The highest BCUT2D eigenvalue weighted by Crippen LogP contribution is 2.31. The van der Waals surface area contributed by atoms with Gasteiger partial charge in [-0.25, -0.2) is 15.0 Å². The van der Waals surface area contributed by atoms with Crippen LogP contribution in [0.2, 0.25) is 5.02 Å². The third-order valence-corrected chi connectivity index (χ3v) is 4.54. The Hall–Kier alpha value is -2.60. The number of halogens is 4. The summed E-state index contributed by atoms with van der Waals surface area (Å²) in [6, 6.07) is 4.40. The van der Waals surface area contributed by atoms with E-state index in [9.17, 15) is 13.2 Å². The molecule has 1 atom stereocenters. The SMILES string of the molecule is CN(c1cc(C(F)(F)F)ncn1)C1CCN(c2ncc(C#N)cc2Cl)C1. The lowest BCUT2D eigenvalue weighted by Crippen LogP contribution is -2.35. The van der Waals surface area contributed by atoms with Crippen molar-refractivity contribution in [2.24, 2.45) is 0 Å². The van der Waals surface area contributed by atoms with Crippen LogP contribution in [-0.4, -0.2) is 41.1 Å². The number of pyridine rings is 1. The quantitative estimate of drug-likeness (QED) is 0.812. The molecule has 1 aliphatic heterocycles. The first kappa shape index (κ1) is 18.2. The van der Waals surface area contributed by atoms with Crippen molar-refractivity contribution in [3.63, 3.8) is 0 Å². The standard InChI is InChI=1S/C16H14ClF3N6/c1-25(14-5-13(16(18,19)20)23-9-24-14)11-2-3-26(8-11)15-12(17)4-10(6-21)7-22-15/h4-5,7,9,11H,2-3,8H2,1H3. The predicted octanol–water partition coefficient (Wildman–Crippen LogP) is 3.13. The average molecular weight is 383 g/mol. The normalized spacial score (nSPS) is 17.2. The molecule has 3 rings (SSSR count). The van der Waals surface area contributed by atoms with Crippen LogP contribution in [0.25, 0.3) is 0 Å². The highest BCUT2D eigenvalue weighted by molar-refractivity contribution is 6.33. The van der Waals surface area contributed by atoms with Crippen LogP contribution in [0, 0.1) is 11.3 Å². The lowest BCUT2D eigenvalue weighted by molar-refractivity contribution is -0.141. The number of hydrogen-bond donors (Lipinski definition) is 0. The zero-order chi connectivity index (χ0) is 18.9. The molecule has 2 aromatic heterocycles. The Morgan fingerprint density at radius 2 is 2.08 bits per heavy atom. The molecule has 0 N–H and O–H groups in total. The van der Waals surface area contributed by atoms with Crippen LogP contribution in [-0.2, 0) is 6.18 Å². The van der Waals surface area contributed by atoms with E-state index in [4.69, 9.17) is 16.9 Å². The number of likely N-dealkylation sites (N-methyl/N-ethyl adjacent to an activating group) is 1. The molecule has 0 aromatic carbocycles. The van der Waals surface area contributed by atoms with Crippen molar-refractivity contribution in [1.82, 2.24) is 15.0 Å². The van der Waals surface area contributed by atoms with E-state index in [1.54, 1.807) is 18.0 Å². The van der Waals surface area contributed by atoms with Gasteiger partial charge in [0.15, 0.2) is 0 Å². The second-order valence-corrected chi connectivity index (χ2v) is 6.31. The topological polar surface area (TPSA) is 68.9 Å². The second-order valence-electron chi connectivity index (χ2n) is 5.90. The van der Waals surface area contributed by atoms with Crippen LogP contribution in [0.3, 0.4) is 0 Å². The van der Waals surface area contributed by atoms with Crippen molar-refractivity contribution in [3.8, 4) is 6.07 Å². The van der Waals surface area contributed by atoms with Gasteiger partial charge in [0, 0.05) is 38.4 Å². The summed E-state index contributed by atoms with van der Waals surface area (Å²) in [6.07, 6.45) is -1.45. The zero-order valence-corrected chi connectivity index (χ0v) is 14.5. The molecule has 136 valence electrons. The minimum Gasteiger partial charge on any atom is -0.355 e. The van der Waals surface area contributed by atoms with Crippen LogP contribution in [0.1, 0.15) is 17.7 Å². The Kier molecular flexibility index (Phi) is 4.87. The Morgan fingerprint density at radius 3 is 2.73 bits per heavy atom. The highest BCUT2D eigenvalue weighted by Gasteiger charge is 2.34.